The predicted octanol–water partition coefficient (Wildman–Crippen LogP) is 0.651. The zero-order valence-electron chi connectivity index (χ0n) is 5.12. The number of hydrogen-bond donors (Lipinski definition) is 0. The Balaban J connectivity index is 0. The molecule has 0 unspecified atom stereocenters. The Morgan fingerprint density at radius 3 is 1.50 bits per heavy atom. The fraction of sp³-hybridized carbons (Fsp3) is 1.00. The molecule has 0 rings (SSSR count). The van der Waals surface area contributed by atoms with Crippen LogP contribution >= 0.6 is 0 Å². The molecule has 0 aliphatic heterocycles. The van der Waals surface area contributed by atoms with E-state index in [1.165, 1.54) is 12.1 Å². The van der Waals surface area contributed by atoms with Crippen molar-refractivity contribution in [2.24, 2.45) is 0 Å². The standard InChI is InChI=1S/C4H12Si.Li/c1-3-5-4-2;/h3-5H2,1-2H3;. The van der Waals surface area contributed by atoms with Crippen LogP contribution in [0.4, 0.5) is 0 Å². The minimum atomic E-state index is 0. The fourth-order valence-corrected chi connectivity index (χ4v) is 1.06. The molecule has 0 bridgehead atoms. The molecule has 0 N–H and O–H groups in total. The maximum Gasteiger partial charge on any atom is 0.0192 e. The average molecular weight is 95.2 g/mol. The van der Waals surface area contributed by atoms with Gasteiger partial charge in [0.2, 0.25) is 0 Å². The van der Waals surface area contributed by atoms with Crippen LogP contribution in [0.1, 0.15) is 13.8 Å². The molecule has 0 nitrogen and oxygen atoms in total. The van der Waals surface area contributed by atoms with Crippen LogP contribution in [0.15, 0.2) is 0 Å². The molecule has 6 heavy (non-hydrogen) atoms. The van der Waals surface area contributed by atoms with E-state index >= 15 is 0 Å². The van der Waals surface area contributed by atoms with E-state index in [0.717, 1.165) is 0 Å². The molecule has 0 heterocycles. The van der Waals surface area contributed by atoms with Crippen molar-refractivity contribution in [1.82, 2.24) is 0 Å². The van der Waals surface area contributed by atoms with Crippen molar-refractivity contribution in [3.8, 4) is 0 Å². The molecule has 0 saturated carbocycles. The summed E-state index contributed by atoms with van der Waals surface area (Å²) in [7, 11) is 0.432. The van der Waals surface area contributed by atoms with Crippen LogP contribution < -0.4 is 0 Å². The van der Waals surface area contributed by atoms with Gasteiger partial charge >= 0.3 is 0 Å². The van der Waals surface area contributed by atoms with Crippen molar-refractivity contribution in [2.45, 2.75) is 25.9 Å². The summed E-state index contributed by atoms with van der Waals surface area (Å²) in [6.45, 7) is 4.55. The molecule has 0 aromatic heterocycles. The van der Waals surface area contributed by atoms with Gasteiger partial charge in [-0.05, 0) is 0 Å². The van der Waals surface area contributed by atoms with Crippen LogP contribution in [0.3, 0.4) is 0 Å². The van der Waals surface area contributed by atoms with Crippen molar-refractivity contribution in [3.05, 3.63) is 0 Å². The quantitative estimate of drug-likeness (QED) is 0.442. The van der Waals surface area contributed by atoms with Crippen molar-refractivity contribution >= 4 is 28.4 Å². The molecule has 0 aliphatic rings. The van der Waals surface area contributed by atoms with Gasteiger partial charge in [-0.2, -0.15) is 0 Å². The Morgan fingerprint density at radius 1 is 1.17 bits per heavy atom. The van der Waals surface area contributed by atoms with Crippen LogP contribution in [-0.2, 0) is 0 Å². The Hall–Kier alpha value is 0.814. The topological polar surface area (TPSA) is 0 Å². The van der Waals surface area contributed by atoms with Gasteiger partial charge in [0, 0.05) is 28.4 Å². The first-order valence-electron chi connectivity index (χ1n) is 2.41. The second-order valence-electron chi connectivity index (χ2n) is 1.35. The molecular formula is C4H12LiSi. The third-order valence-corrected chi connectivity index (χ3v) is 2.12. The molecule has 0 fully saturated rings. The second kappa shape index (κ2) is 9.26. The summed E-state index contributed by atoms with van der Waals surface area (Å²) < 4.78 is 0. The van der Waals surface area contributed by atoms with Crippen LogP contribution in [0.25, 0.3) is 0 Å². The summed E-state index contributed by atoms with van der Waals surface area (Å²) in [5, 5.41) is 0. The van der Waals surface area contributed by atoms with Crippen LogP contribution in [0, 0.1) is 0 Å². The largest absolute Gasteiger partial charge is 0.0683 e. The van der Waals surface area contributed by atoms with Crippen LogP contribution in [0.2, 0.25) is 12.1 Å². The molecule has 0 amide bonds. The van der Waals surface area contributed by atoms with Gasteiger partial charge in [0.05, 0.1) is 0 Å². The van der Waals surface area contributed by atoms with Crippen molar-refractivity contribution in [1.29, 1.82) is 0 Å². The van der Waals surface area contributed by atoms with E-state index in [-0.39, 0.29) is 18.9 Å². The fourth-order valence-electron chi connectivity index (χ4n) is 0.354. The molecule has 1 radical (unpaired) electrons. The first kappa shape index (κ1) is 9.94. The van der Waals surface area contributed by atoms with Crippen molar-refractivity contribution in [2.75, 3.05) is 0 Å². The first-order valence-corrected chi connectivity index (χ1v) is 4.41. The molecule has 0 atom stereocenters. The van der Waals surface area contributed by atoms with E-state index in [1.807, 2.05) is 0 Å². The third kappa shape index (κ3) is 8.84. The number of hydrogen-bond acceptors (Lipinski definition) is 0. The van der Waals surface area contributed by atoms with Gasteiger partial charge in [-0.3, -0.25) is 0 Å². The van der Waals surface area contributed by atoms with Crippen LogP contribution in [0.5, 0.6) is 0 Å². The molecule has 0 aromatic carbocycles. The monoisotopic (exact) mass is 95.1 g/mol. The normalized spacial score (nSPS) is 7.00. The maximum absolute atomic E-state index is 2.27. The van der Waals surface area contributed by atoms with Gasteiger partial charge in [0.15, 0.2) is 0 Å². The van der Waals surface area contributed by atoms with E-state index in [2.05, 4.69) is 13.8 Å². The second-order valence-corrected chi connectivity index (χ2v) is 4.06. The Labute approximate surface area is 54.7 Å². The van der Waals surface area contributed by atoms with E-state index < -0.39 is 0 Å². The van der Waals surface area contributed by atoms with Crippen molar-refractivity contribution < 1.29 is 0 Å². The third-order valence-electron chi connectivity index (χ3n) is 0.707. The number of rotatable bonds is 2. The Kier molecular flexibility index (Phi) is 15.3. The van der Waals surface area contributed by atoms with Gasteiger partial charge in [0.25, 0.3) is 0 Å². The molecular weight excluding hydrogens is 83.1 g/mol. The van der Waals surface area contributed by atoms with Crippen LogP contribution in [-0.4, -0.2) is 28.4 Å². The first-order chi connectivity index (χ1) is 2.41. The Bertz CT molecular complexity index is 15.0. The minimum Gasteiger partial charge on any atom is -0.0683 e. The Morgan fingerprint density at radius 2 is 1.50 bits per heavy atom. The van der Waals surface area contributed by atoms with E-state index in [4.69, 9.17) is 0 Å². The molecule has 0 aromatic rings. The van der Waals surface area contributed by atoms with Gasteiger partial charge in [-0.25, -0.2) is 0 Å². The predicted molar refractivity (Wildman–Crippen MR) is 35.3 cm³/mol. The smallest absolute Gasteiger partial charge is 0.0192 e. The zero-order chi connectivity index (χ0) is 4.12. The molecule has 33 valence electrons. The summed E-state index contributed by atoms with van der Waals surface area (Å²) in [5.41, 5.74) is 0. The molecule has 2 heteroatoms. The van der Waals surface area contributed by atoms with Crippen molar-refractivity contribution in [3.63, 3.8) is 0 Å². The molecule has 0 saturated heterocycles. The molecule has 0 aliphatic carbocycles. The van der Waals surface area contributed by atoms with Gasteiger partial charge in [-0.1, -0.05) is 25.9 Å². The molecule has 0 spiro atoms. The average Bonchev–Trinajstić information content (AvgIpc) is 1.41. The van der Waals surface area contributed by atoms with Gasteiger partial charge in [0.1, 0.15) is 0 Å². The van der Waals surface area contributed by atoms with E-state index in [0.29, 0.717) is 9.52 Å². The maximum atomic E-state index is 2.27. The SMILES string of the molecule is CC[SiH2]CC.[Li]. The minimum absolute atomic E-state index is 0. The zero-order valence-corrected chi connectivity index (χ0v) is 6.54. The summed E-state index contributed by atoms with van der Waals surface area (Å²) >= 11 is 0. The van der Waals surface area contributed by atoms with E-state index in [9.17, 15) is 0 Å². The van der Waals surface area contributed by atoms with Gasteiger partial charge < -0.3 is 0 Å². The van der Waals surface area contributed by atoms with E-state index in [1.54, 1.807) is 0 Å². The summed E-state index contributed by atoms with van der Waals surface area (Å²) in [6, 6.07) is 2.97. The van der Waals surface area contributed by atoms with Gasteiger partial charge in [-0.15, -0.1) is 0 Å². The summed E-state index contributed by atoms with van der Waals surface area (Å²) in [6.07, 6.45) is 0. The summed E-state index contributed by atoms with van der Waals surface area (Å²) in [5.74, 6) is 0. The summed E-state index contributed by atoms with van der Waals surface area (Å²) in [4.78, 5) is 0.